The lowest BCUT2D eigenvalue weighted by Gasteiger charge is -2.38. The number of ether oxygens (including phenoxy) is 2. The SMILES string of the molecule is O=C(Nc1ccc(Oc2ccccc2)cc1)[C@@H]1[C@@H]2C=C[C@]3(O2)[C@@H]1C(=O)N(C1CCCCCCC1)[C@H]3C(=O)NC1CCCCC1. The summed E-state index contributed by atoms with van der Waals surface area (Å²) in [6.07, 6.45) is 15.9. The van der Waals surface area contributed by atoms with Gasteiger partial charge in [0.25, 0.3) is 0 Å². The van der Waals surface area contributed by atoms with Crippen molar-refractivity contribution in [1.29, 1.82) is 0 Å². The van der Waals surface area contributed by atoms with Crippen LogP contribution in [0.4, 0.5) is 5.69 Å². The van der Waals surface area contributed by atoms with E-state index in [1.54, 1.807) is 12.1 Å². The lowest BCUT2D eigenvalue weighted by atomic mass is 9.74. The van der Waals surface area contributed by atoms with Gasteiger partial charge in [-0.15, -0.1) is 0 Å². The fraction of sp³-hybridized carbons (Fsp3) is 0.528. The van der Waals surface area contributed by atoms with Crippen molar-refractivity contribution in [2.24, 2.45) is 11.8 Å². The van der Waals surface area contributed by atoms with Crippen LogP contribution >= 0.6 is 0 Å². The second kappa shape index (κ2) is 12.4. The zero-order chi connectivity index (χ0) is 30.1. The molecule has 8 nitrogen and oxygen atoms in total. The van der Waals surface area contributed by atoms with Crippen LogP contribution < -0.4 is 15.4 Å². The van der Waals surface area contributed by atoms with E-state index >= 15 is 0 Å². The van der Waals surface area contributed by atoms with Crippen LogP contribution in [-0.2, 0) is 19.1 Å². The molecule has 232 valence electrons. The van der Waals surface area contributed by atoms with Crippen molar-refractivity contribution < 1.29 is 23.9 Å². The zero-order valence-corrected chi connectivity index (χ0v) is 25.3. The van der Waals surface area contributed by atoms with Gasteiger partial charge in [-0.05, 0) is 62.1 Å². The number of nitrogens with one attached hydrogen (secondary N) is 2. The fourth-order valence-corrected chi connectivity index (χ4v) is 8.30. The van der Waals surface area contributed by atoms with Crippen LogP contribution in [0.2, 0.25) is 0 Å². The van der Waals surface area contributed by atoms with E-state index < -0.39 is 29.6 Å². The van der Waals surface area contributed by atoms with E-state index in [9.17, 15) is 14.4 Å². The molecule has 8 heteroatoms. The number of amides is 3. The number of likely N-dealkylation sites (tertiary alicyclic amines) is 1. The molecule has 3 aliphatic heterocycles. The average Bonchev–Trinajstić information content (AvgIpc) is 3.66. The summed E-state index contributed by atoms with van der Waals surface area (Å²) in [7, 11) is 0. The van der Waals surface area contributed by atoms with Gasteiger partial charge in [-0.1, -0.05) is 81.7 Å². The molecule has 5 aliphatic rings. The van der Waals surface area contributed by atoms with Gasteiger partial charge in [0.2, 0.25) is 17.7 Å². The van der Waals surface area contributed by atoms with Crippen LogP contribution in [0.3, 0.4) is 0 Å². The van der Waals surface area contributed by atoms with Crippen LogP contribution in [-0.4, -0.2) is 52.5 Å². The third kappa shape index (κ3) is 5.42. The molecule has 0 radical (unpaired) electrons. The molecule has 2 saturated carbocycles. The maximum Gasteiger partial charge on any atom is 0.246 e. The second-order valence-electron chi connectivity index (χ2n) is 13.2. The lowest BCUT2D eigenvalue weighted by Crippen LogP contribution is -2.58. The smallest absolute Gasteiger partial charge is 0.246 e. The Morgan fingerprint density at radius 2 is 1.43 bits per heavy atom. The minimum absolute atomic E-state index is 0.0261. The molecule has 5 atom stereocenters. The molecule has 4 fully saturated rings. The normalized spacial score (nSPS) is 30.5. The van der Waals surface area contributed by atoms with Crippen molar-refractivity contribution in [3.63, 3.8) is 0 Å². The number of carbonyl (C=O) groups excluding carboxylic acids is 3. The molecule has 2 saturated heterocycles. The van der Waals surface area contributed by atoms with Crippen LogP contribution in [0.15, 0.2) is 66.7 Å². The summed E-state index contributed by atoms with van der Waals surface area (Å²) in [5, 5.41) is 6.35. The predicted octanol–water partition coefficient (Wildman–Crippen LogP) is 6.13. The Bertz CT molecular complexity index is 1380. The Hall–Kier alpha value is -3.65. The number of benzene rings is 2. The van der Waals surface area contributed by atoms with Gasteiger partial charge in [0.1, 0.15) is 23.1 Å². The summed E-state index contributed by atoms with van der Waals surface area (Å²) in [6, 6.07) is 16.1. The highest BCUT2D eigenvalue weighted by Crippen LogP contribution is 2.56. The molecule has 44 heavy (non-hydrogen) atoms. The van der Waals surface area contributed by atoms with Gasteiger partial charge in [-0.3, -0.25) is 14.4 Å². The van der Waals surface area contributed by atoms with E-state index in [2.05, 4.69) is 10.6 Å². The van der Waals surface area contributed by atoms with Crippen molar-refractivity contribution in [1.82, 2.24) is 10.2 Å². The first kappa shape index (κ1) is 29.1. The van der Waals surface area contributed by atoms with Crippen molar-refractivity contribution >= 4 is 23.4 Å². The van der Waals surface area contributed by atoms with E-state index in [4.69, 9.17) is 9.47 Å². The van der Waals surface area contributed by atoms with Crippen LogP contribution in [0.5, 0.6) is 11.5 Å². The standard InChI is InChI=1S/C36H43N3O5/c40-33(37-25-18-20-28(21-19-25)43-27-16-10-5-11-17-27)30-29-22-23-36(44-29)31(30)35(42)39(26-14-8-2-1-3-9-15-26)32(36)34(41)38-24-12-6-4-7-13-24/h5,10-11,16-24,26,29-32H,1-4,6-9,12-15H2,(H,37,40)(H,38,41)/t29-,30+,31-,32-,36-/m0/s1. The number of anilines is 1. The van der Waals surface area contributed by atoms with Gasteiger partial charge in [-0.2, -0.15) is 0 Å². The lowest BCUT2D eigenvalue weighted by molar-refractivity contribution is -0.144. The number of hydrogen-bond acceptors (Lipinski definition) is 5. The summed E-state index contributed by atoms with van der Waals surface area (Å²) in [5.74, 6) is -0.555. The van der Waals surface area contributed by atoms with Crippen LogP contribution in [0, 0.1) is 11.8 Å². The Balaban J connectivity index is 1.13. The van der Waals surface area contributed by atoms with E-state index in [0.29, 0.717) is 11.4 Å². The molecule has 3 amide bonds. The summed E-state index contributed by atoms with van der Waals surface area (Å²) >= 11 is 0. The molecule has 2 aliphatic carbocycles. The Morgan fingerprint density at radius 3 is 2.16 bits per heavy atom. The molecular weight excluding hydrogens is 554 g/mol. The minimum atomic E-state index is -1.13. The maximum absolute atomic E-state index is 14.5. The predicted molar refractivity (Wildman–Crippen MR) is 167 cm³/mol. The molecule has 0 unspecified atom stereocenters. The van der Waals surface area contributed by atoms with Gasteiger partial charge < -0.3 is 25.0 Å². The van der Waals surface area contributed by atoms with Gasteiger partial charge in [0, 0.05) is 17.8 Å². The van der Waals surface area contributed by atoms with Crippen molar-refractivity contribution in [3.05, 3.63) is 66.7 Å². The Labute approximate surface area is 259 Å². The van der Waals surface area contributed by atoms with Crippen molar-refractivity contribution in [3.8, 4) is 11.5 Å². The van der Waals surface area contributed by atoms with Gasteiger partial charge in [-0.25, -0.2) is 0 Å². The third-order valence-electron chi connectivity index (χ3n) is 10.4. The van der Waals surface area contributed by atoms with Crippen LogP contribution in [0.1, 0.15) is 77.0 Å². The highest BCUT2D eigenvalue weighted by Gasteiger charge is 2.73. The van der Waals surface area contributed by atoms with Crippen molar-refractivity contribution in [2.75, 3.05) is 5.32 Å². The van der Waals surface area contributed by atoms with E-state index in [1.165, 1.54) is 12.8 Å². The van der Waals surface area contributed by atoms with Crippen LogP contribution in [0.25, 0.3) is 0 Å². The molecule has 1 spiro atoms. The Kier molecular flexibility index (Phi) is 8.19. The number of rotatable bonds is 7. The first-order chi connectivity index (χ1) is 21.5. The minimum Gasteiger partial charge on any atom is -0.457 e. The fourth-order valence-electron chi connectivity index (χ4n) is 8.30. The molecule has 2 bridgehead atoms. The molecule has 2 N–H and O–H groups in total. The molecule has 3 heterocycles. The second-order valence-corrected chi connectivity index (χ2v) is 13.2. The molecule has 0 aromatic heterocycles. The van der Waals surface area contributed by atoms with Gasteiger partial charge in [0.15, 0.2) is 0 Å². The first-order valence-corrected chi connectivity index (χ1v) is 16.7. The molecule has 7 rings (SSSR count). The monoisotopic (exact) mass is 597 g/mol. The summed E-state index contributed by atoms with van der Waals surface area (Å²) < 4.78 is 12.5. The summed E-state index contributed by atoms with van der Waals surface area (Å²) in [6.45, 7) is 0. The first-order valence-electron chi connectivity index (χ1n) is 16.7. The van der Waals surface area contributed by atoms with E-state index in [1.807, 2.05) is 59.5 Å². The highest BCUT2D eigenvalue weighted by molar-refractivity contribution is 6.03. The molecular formula is C36H43N3O5. The highest BCUT2D eigenvalue weighted by atomic mass is 16.5. The summed E-state index contributed by atoms with van der Waals surface area (Å²) in [5.41, 5.74) is -0.511. The van der Waals surface area contributed by atoms with Gasteiger partial charge >= 0.3 is 0 Å². The largest absolute Gasteiger partial charge is 0.457 e. The Morgan fingerprint density at radius 1 is 0.795 bits per heavy atom. The average molecular weight is 598 g/mol. The zero-order valence-electron chi connectivity index (χ0n) is 25.3. The van der Waals surface area contributed by atoms with E-state index in [0.717, 1.165) is 70.0 Å². The third-order valence-corrected chi connectivity index (χ3v) is 10.4. The van der Waals surface area contributed by atoms with Gasteiger partial charge in [0.05, 0.1) is 17.9 Å². The number of hydrogen-bond donors (Lipinski definition) is 2. The number of fused-ring (bicyclic) bond motifs is 1. The topological polar surface area (TPSA) is 97.0 Å². The number of nitrogens with zero attached hydrogens (tertiary/aromatic N) is 1. The van der Waals surface area contributed by atoms with E-state index in [-0.39, 0.29) is 29.8 Å². The number of para-hydroxylation sites is 1. The maximum atomic E-state index is 14.5. The quantitative estimate of drug-likeness (QED) is 0.375. The molecule has 2 aromatic rings. The number of carbonyl (C=O) groups is 3. The van der Waals surface area contributed by atoms with Crippen molar-refractivity contribution in [2.45, 2.75) is 107 Å². The summed E-state index contributed by atoms with van der Waals surface area (Å²) in [4.78, 5) is 44.5. The molecule has 2 aromatic carbocycles.